The van der Waals surface area contributed by atoms with E-state index in [1.807, 2.05) is 19.1 Å². The lowest BCUT2D eigenvalue weighted by atomic mass is 10.1. The Kier molecular flexibility index (Phi) is 4.22. The summed E-state index contributed by atoms with van der Waals surface area (Å²) >= 11 is 0. The third-order valence-corrected chi connectivity index (χ3v) is 2.67. The highest BCUT2D eigenvalue weighted by Crippen LogP contribution is 2.28. The van der Waals surface area contributed by atoms with Crippen molar-refractivity contribution < 1.29 is 14.3 Å². The highest BCUT2D eigenvalue weighted by Gasteiger charge is 2.15. The van der Waals surface area contributed by atoms with Crippen molar-refractivity contribution in [3.05, 3.63) is 23.8 Å². The number of hydrogen-bond donors (Lipinski definition) is 3. The van der Waals surface area contributed by atoms with Gasteiger partial charge in [-0.15, -0.1) is 0 Å². The molecule has 1 aromatic carbocycles. The third-order valence-electron chi connectivity index (χ3n) is 2.67. The Labute approximate surface area is 111 Å². The Morgan fingerprint density at radius 2 is 2.26 bits per heavy atom. The second kappa shape index (κ2) is 6.08. The fourth-order valence-electron chi connectivity index (χ4n) is 1.71. The van der Waals surface area contributed by atoms with Crippen LogP contribution in [0.25, 0.3) is 0 Å². The van der Waals surface area contributed by atoms with Gasteiger partial charge in [-0.05, 0) is 24.1 Å². The van der Waals surface area contributed by atoms with E-state index in [2.05, 4.69) is 16.0 Å². The predicted octanol–water partition coefficient (Wildman–Crippen LogP) is 1.23. The number of hydrogen-bond acceptors (Lipinski definition) is 3. The quantitative estimate of drug-likeness (QED) is 0.764. The van der Waals surface area contributed by atoms with E-state index in [0.29, 0.717) is 24.5 Å². The van der Waals surface area contributed by atoms with Gasteiger partial charge in [-0.2, -0.15) is 0 Å². The molecule has 3 N–H and O–H groups in total. The molecule has 1 aliphatic rings. The van der Waals surface area contributed by atoms with Gasteiger partial charge >= 0.3 is 6.03 Å². The second-order valence-electron chi connectivity index (χ2n) is 4.28. The monoisotopic (exact) mass is 263 g/mol. The van der Waals surface area contributed by atoms with Gasteiger partial charge in [0, 0.05) is 13.1 Å². The number of amides is 3. The summed E-state index contributed by atoms with van der Waals surface area (Å²) in [4.78, 5) is 22.5. The van der Waals surface area contributed by atoms with E-state index < -0.39 is 0 Å². The van der Waals surface area contributed by atoms with E-state index in [1.165, 1.54) is 0 Å². The highest BCUT2D eigenvalue weighted by molar-refractivity contribution is 5.95. The van der Waals surface area contributed by atoms with Crippen molar-refractivity contribution in [2.24, 2.45) is 0 Å². The number of anilines is 1. The molecule has 6 nitrogen and oxygen atoms in total. The van der Waals surface area contributed by atoms with Gasteiger partial charge in [0.05, 0.1) is 5.69 Å². The molecule has 0 spiro atoms. The molecule has 0 atom stereocenters. The predicted molar refractivity (Wildman–Crippen MR) is 71.1 cm³/mol. The van der Waals surface area contributed by atoms with Gasteiger partial charge in [-0.1, -0.05) is 13.0 Å². The minimum absolute atomic E-state index is 0.0286. The summed E-state index contributed by atoms with van der Waals surface area (Å²) in [5.74, 6) is 0.477. The normalized spacial score (nSPS) is 13.0. The van der Waals surface area contributed by atoms with Gasteiger partial charge in [0.2, 0.25) is 0 Å². The van der Waals surface area contributed by atoms with Crippen molar-refractivity contribution in [3.8, 4) is 5.75 Å². The minimum atomic E-state index is -0.186. The Bertz CT molecular complexity index is 488. The van der Waals surface area contributed by atoms with Gasteiger partial charge in [-0.25, -0.2) is 4.79 Å². The summed E-state index contributed by atoms with van der Waals surface area (Å²) in [6, 6.07) is 5.24. The Morgan fingerprint density at radius 1 is 1.42 bits per heavy atom. The molecule has 1 aromatic rings. The van der Waals surface area contributed by atoms with E-state index in [0.717, 1.165) is 12.0 Å². The zero-order valence-corrected chi connectivity index (χ0v) is 10.8. The van der Waals surface area contributed by atoms with Crippen molar-refractivity contribution in [2.75, 3.05) is 18.5 Å². The van der Waals surface area contributed by atoms with Crippen LogP contribution in [0, 0.1) is 0 Å². The van der Waals surface area contributed by atoms with Gasteiger partial charge in [0.25, 0.3) is 5.91 Å². The fourth-order valence-corrected chi connectivity index (χ4v) is 1.71. The van der Waals surface area contributed by atoms with Crippen LogP contribution in [0.3, 0.4) is 0 Å². The van der Waals surface area contributed by atoms with Crippen LogP contribution < -0.4 is 20.7 Å². The van der Waals surface area contributed by atoms with Crippen LogP contribution in [0.2, 0.25) is 0 Å². The van der Waals surface area contributed by atoms with E-state index in [1.54, 1.807) is 6.07 Å². The maximum atomic E-state index is 11.4. The average molecular weight is 263 g/mol. The van der Waals surface area contributed by atoms with E-state index in [4.69, 9.17) is 4.74 Å². The minimum Gasteiger partial charge on any atom is -0.482 e. The van der Waals surface area contributed by atoms with Crippen molar-refractivity contribution in [1.82, 2.24) is 10.6 Å². The first-order valence-electron chi connectivity index (χ1n) is 6.26. The van der Waals surface area contributed by atoms with Gasteiger partial charge in [0.1, 0.15) is 5.75 Å². The first-order valence-corrected chi connectivity index (χ1v) is 6.26. The lowest BCUT2D eigenvalue weighted by Gasteiger charge is -2.18. The zero-order valence-electron chi connectivity index (χ0n) is 10.8. The summed E-state index contributed by atoms with van der Waals surface area (Å²) in [5, 5.41) is 8.21. The first-order chi connectivity index (χ1) is 9.19. The van der Waals surface area contributed by atoms with Crippen LogP contribution in [-0.4, -0.2) is 25.1 Å². The van der Waals surface area contributed by atoms with Gasteiger partial charge in [-0.3, -0.25) is 4.79 Å². The van der Waals surface area contributed by atoms with Crippen molar-refractivity contribution in [1.29, 1.82) is 0 Å². The molecular weight excluding hydrogens is 246 g/mol. The largest absolute Gasteiger partial charge is 0.482 e. The second-order valence-corrected chi connectivity index (χ2v) is 4.28. The van der Waals surface area contributed by atoms with E-state index in [-0.39, 0.29) is 18.5 Å². The summed E-state index contributed by atoms with van der Waals surface area (Å²) in [6.45, 7) is 3.10. The van der Waals surface area contributed by atoms with Gasteiger partial charge in [0.15, 0.2) is 6.61 Å². The smallest absolute Gasteiger partial charge is 0.315 e. The number of urea groups is 1. The molecule has 1 aliphatic heterocycles. The topological polar surface area (TPSA) is 79.5 Å². The molecule has 0 aromatic heterocycles. The molecule has 0 fully saturated rings. The Balaban J connectivity index is 1.91. The van der Waals surface area contributed by atoms with Crippen molar-refractivity contribution >= 4 is 17.6 Å². The molecule has 2 rings (SSSR count). The summed E-state index contributed by atoms with van der Waals surface area (Å²) in [6.07, 6.45) is 0.903. The van der Waals surface area contributed by atoms with Crippen LogP contribution in [0.5, 0.6) is 5.75 Å². The molecule has 1 heterocycles. The summed E-state index contributed by atoms with van der Waals surface area (Å²) < 4.78 is 5.31. The third kappa shape index (κ3) is 3.61. The maximum absolute atomic E-state index is 11.4. The van der Waals surface area contributed by atoms with Crippen LogP contribution in [0.1, 0.15) is 18.9 Å². The Hall–Kier alpha value is -2.24. The van der Waals surface area contributed by atoms with E-state index in [9.17, 15) is 9.59 Å². The standard InChI is InChI=1S/C13H17N3O3/c1-2-5-14-13(18)15-7-9-3-4-10-11(6-9)19-8-12(17)16-10/h3-4,6H,2,5,7-8H2,1H3,(H,16,17)(H2,14,15,18). The number of ether oxygens (including phenoxy) is 1. The van der Waals surface area contributed by atoms with Crippen LogP contribution >= 0.6 is 0 Å². The van der Waals surface area contributed by atoms with Crippen molar-refractivity contribution in [2.45, 2.75) is 19.9 Å². The molecule has 0 unspecified atom stereocenters. The summed E-state index contributed by atoms with van der Waals surface area (Å²) in [7, 11) is 0. The number of fused-ring (bicyclic) bond motifs is 1. The zero-order chi connectivity index (χ0) is 13.7. The number of carbonyl (C=O) groups is 2. The Morgan fingerprint density at radius 3 is 3.05 bits per heavy atom. The van der Waals surface area contributed by atoms with Crippen molar-refractivity contribution in [3.63, 3.8) is 0 Å². The molecule has 0 aliphatic carbocycles. The number of carbonyl (C=O) groups excluding carboxylic acids is 2. The lowest BCUT2D eigenvalue weighted by Crippen LogP contribution is -2.35. The molecule has 0 bridgehead atoms. The fraction of sp³-hybridized carbons (Fsp3) is 0.385. The molecule has 0 radical (unpaired) electrons. The lowest BCUT2D eigenvalue weighted by molar-refractivity contribution is -0.118. The first kappa shape index (κ1) is 13.2. The van der Waals surface area contributed by atoms with Crippen LogP contribution in [0.4, 0.5) is 10.5 Å². The molecular formula is C13H17N3O3. The molecule has 19 heavy (non-hydrogen) atoms. The number of benzene rings is 1. The van der Waals surface area contributed by atoms with Crippen LogP contribution in [0.15, 0.2) is 18.2 Å². The highest BCUT2D eigenvalue weighted by atomic mass is 16.5. The number of rotatable bonds is 4. The number of nitrogens with one attached hydrogen (secondary N) is 3. The average Bonchev–Trinajstić information content (AvgIpc) is 2.42. The maximum Gasteiger partial charge on any atom is 0.315 e. The SMILES string of the molecule is CCCNC(=O)NCc1ccc2c(c1)OCC(=O)N2. The van der Waals surface area contributed by atoms with Crippen LogP contribution in [-0.2, 0) is 11.3 Å². The molecule has 102 valence electrons. The molecule has 0 saturated carbocycles. The van der Waals surface area contributed by atoms with Gasteiger partial charge < -0.3 is 20.7 Å². The van der Waals surface area contributed by atoms with E-state index >= 15 is 0 Å². The molecule has 6 heteroatoms. The molecule has 0 saturated heterocycles. The molecule has 3 amide bonds. The summed E-state index contributed by atoms with van der Waals surface area (Å²) in [5.41, 5.74) is 1.58.